The Kier molecular flexibility index (Phi) is 8.40. The molecule has 0 fully saturated rings. The summed E-state index contributed by atoms with van der Waals surface area (Å²) in [5, 5.41) is 14.8. The zero-order chi connectivity index (χ0) is 22.8. The smallest absolute Gasteiger partial charge is 0.262 e. The number of nitriles is 1. The molecule has 6 nitrogen and oxygen atoms in total. The van der Waals surface area contributed by atoms with Gasteiger partial charge in [0.1, 0.15) is 17.4 Å². The predicted octanol–water partition coefficient (Wildman–Crippen LogP) is 4.53. The van der Waals surface area contributed by atoms with E-state index < -0.39 is 5.91 Å². The van der Waals surface area contributed by atoms with Crippen LogP contribution in [0.2, 0.25) is 0 Å². The molecular formula is C25H20IN3O3. The average Bonchev–Trinajstić information content (AvgIpc) is 2.82. The Balaban J connectivity index is 1.52. The molecule has 160 valence electrons. The van der Waals surface area contributed by atoms with Crippen LogP contribution in [0.1, 0.15) is 11.1 Å². The van der Waals surface area contributed by atoms with Gasteiger partial charge in [-0.2, -0.15) is 5.26 Å². The van der Waals surface area contributed by atoms with Crippen LogP contribution in [0.4, 0.5) is 5.69 Å². The number of hydrogen-bond donors (Lipinski definition) is 2. The number of nitrogens with one attached hydrogen (secondary N) is 2. The first-order valence-corrected chi connectivity index (χ1v) is 10.8. The maximum Gasteiger partial charge on any atom is 0.262 e. The molecule has 0 radical (unpaired) electrons. The molecule has 0 unspecified atom stereocenters. The molecule has 7 heteroatoms. The molecule has 0 bridgehead atoms. The van der Waals surface area contributed by atoms with Gasteiger partial charge in [-0.1, -0.05) is 42.5 Å². The largest absolute Gasteiger partial charge is 0.484 e. The fourth-order valence-electron chi connectivity index (χ4n) is 2.73. The van der Waals surface area contributed by atoms with E-state index in [2.05, 4.69) is 33.2 Å². The third-order valence-electron chi connectivity index (χ3n) is 4.35. The second-order valence-electron chi connectivity index (χ2n) is 6.75. The molecule has 0 aromatic heterocycles. The number of hydrogen-bond acceptors (Lipinski definition) is 4. The van der Waals surface area contributed by atoms with Crippen molar-refractivity contribution in [2.45, 2.75) is 6.54 Å². The van der Waals surface area contributed by atoms with Gasteiger partial charge in [0, 0.05) is 15.8 Å². The van der Waals surface area contributed by atoms with E-state index in [1.807, 2.05) is 60.7 Å². The fraction of sp³-hybridized carbons (Fsp3) is 0.0800. The maximum absolute atomic E-state index is 12.3. The third kappa shape index (κ3) is 7.25. The lowest BCUT2D eigenvalue weighted by Crippen LogP contribution is -2.23. The average molecular weight is 537 g/mol. The number of rotatable bonds is 8. The van der Waals surface area contributed by atoms with Crippen molar-refractivity contribution in [1.82, 2.24) is 5.32 Å². The van der Waals surface area contributed by atoms with Crippen molar-refractivity contribution in [3.63, 3.8) is 0 Å². The van der Waals surface area contributed by atoms with E-state index in [1.165, 1.54) is 6.08 Å². The summed E-state index contributed by atoms with van der Waals surface area (Å²) in [5.74, 6) is -0.201. The van der Waals surface area contributed by atoms with Gasteiger partial charge in [0.15, 0.2) is 6.61 Å². The molecule has 0 spiro atoms. The number of carbonyl (C=O) groups is 2. The number of halogens is 1. The van der Waals surface area contributed by atoms with E-state index >= 15 is 0 Å². The highest BCUT2D eigenvalue weighted by Crippen LogP contribution is 2.15. The minimum atomic E-state index is -0.441. The molecule has 0 aliphatic heterocycles. The van der Waals surface area contributed by atoms with Crippen LogP contribution in [0.15, 0.2) is 84.4 Å². The van der Waals surface area contributed by atoms with Gasteiger partial charge in [0.05, 0.1) is 0 Å². The molecule has 0 aliphatic rings. The highest BCUT2D eigenvalue weighted by Gasteiger charge is 2.09. The van der Waals surface area contributed by atoms with E-state index in [1.54, 1.807) is 24.3 Å². The lowest BCUT2D eigenvalue weighted by atomic mass is 10.1. The minimum Gasteiger partial charge on any atom is -0.484 e. The van der Waals surface area contributed by atoms with Crippen LogP contribution in [-0.4, -0.2) is 18.4 Å². The maximum atomic E-state index is 12.3. The molecule has 3 rings (SSSR count). The highest BCUT2D eigenvalue weighted by molar-refractivity contribution is 14.1. The molecule has 0 saturated carbocycles. The molecule has 0 saturated heterocycles. The number of nitrogens with zero attached hydrogens (tertiary/aromatic N) is 1. The molecule has 0 atom stereocenters. The van der Waals surface area contributed by atoms with Gasteiger partial charge >= 0.3 is 0 Å². The summed E-state index contributed by atoms with van der Waals surface area (Å²) < 4.78 is 6.59. The second kappa shape index (κ2) is 11.7. The van der Waals surface area contributed by atoms with Crippen molar-refractivity contribution in [2.24, 2.45) is 0 Å². The predicted molar refractivity (Wildman–Crippen MR) is 132 cm³/mol. The van der Waals surface area contributed by atoms with Crippen LogP contribution >= 0.6 is 22.6 Å². The molecule has 3 aromatic rings. The van der Waals surface area contributed by atoms with Gasteiger partial charge in [-0.05, 0) is 76.2 Å². The van der Waals surface area contributed by atoms with Gasteiger partial charge in [-0.3, -0.25) is 9.59 Å². The van der Waals surface area contributed by atoms with Crippen LogP contribution in [0.5, 0.6) is 5.75 Å². The zero-order valence-corrected chi connectivity index (χ0v) is 19.2. The summed E-state index contributed by atoms with van der Waals surface area (Å²) in [7, 11) is 0. The number of carbonyl (C=O) groups excluding carboxylic acids is 2. The van der Waals surface area contributed by atoms with Crippen LogP contribution in [0.3, 0.4) is 0 Å². The van der Waals surface area contributed by atoms with Crippen LogP contribution in [0, 0.1) is 14.9 Å². The highest BCUT2D eigenvalue weighted by atomic mass is 127. The molecule has 32 heavy (non-hydrogen) atoms. The third-order valence-corrected chi connectivity index (χ3v) is 5.07. The molecular weight excluding hydrogens is 517 g/mol. The van der Waals surface area contributed by atoms with E-state index in [9.17, 15) is 14.9 Å². The van der Waals surface area contributed by atoms with Crippen molar-refractivity contribution in [1.29, 1.82) is 5.26 Å². The molecule has 2 N–H and O–H groups in total. The van der Waals surface area contributed by atoms with Gasteiger partial charge < -0.3 is 15.4 Å². The van der Waals surface area contributed by atoms with Crippen molar-refractivity contribution in [2.75, 3.05) is 11.9 Å². The lowest BCUT2D eigenvalue weighted by molar-refractivity contribution is -0.118. The van der Waals surface area contributed by atoms with E-state index in [0.29, 0.717) is 23.5 Å². The summed E-state index contributed by atoms with van der Waals surface area (Å²) >= 11 is 2.19. The molecule has 0 heterocycles. The van der Waals surface area contributed by atoms with Crippen molar-refractivity contribution >= 4 is 46.2 Å². The van der Waals surface area contributed by atoms with Gasteiger partial charge in [0.25, 0.3) is 11.8 Å². The van der Waals surface area contributed by atoms with Crippen LogP contribution < -0.4 is 15.4 Å². The number of benzene rings is 3. The Labute approximate surface area is 200 Å². The summed E-state index contributed by atoms with van der Waals surface area (Å²) in [5.41, 5.74) is 2.33. The van der Waals surface area contributed by atoms with Gasteiger partial charge in [0.2, 0.25) is 0 Å². The first-order valence-electron chi connectivity index (χ1n) is 9.76. The number of ether oxygens (including phenoxy) is 1. The van der Waals surface area contributed by atoms with Crippen LogP contribution in [-0.2, 0) is 16.1 Å². The SMILES string of the molecule is N#C/C(=C\c1ccc(OCC(=O)Nc2ccc(I)cc2)cc1)C(=O)NCc1ccccc1. The van der Waals surface area contributed by atoms with Crippen molar-refractivity contribution in [3.05, 3.63) is 99.1 Å². The monoisotopic (exact) mass is 537 g/mol. The Morgan fingerprint density at radius 3 is 2.31 bits per heavy atom. The normalized spacial score (nSPS) is 10.7. The van der Waals surface area contributed by atoms with Crippen LogP contribution in [0.25, 0.3) is 6.08 Å². The molecule has 2 amide bonds. The Morgan fingerprint density at radius 1 is 0.969 bits per heavy atom. The quantitative estimate of drug-likeness (QED) is 0.251. The molecule has 3 aromatic carbocycles. The molecule has 0 aliphatic carbocycles. The van der Waals surface area contributed by atoms with E-state index in [0.717, 1.165) is 9.13 Å². The minimum absolute atomic E-state index is 0.00602. The zero-order valence-electron chi connectivity index (χ0n) is 17.0. The number of amides is 2. The Hall–Kier alpha value is -3.64. The van der Waals surface area contributed by atoms with Crippen molar-refractivity contribution in [3.8, 4) is 11.8 Å². The first kappa shape index (κ1) is 23.0. The summed E-state index contributed by atoms with van der Waals surface area (Å²) in [4.78, 5) is 24.3. The summed E-state index contributed by atoms with van der Waals surface area (Å²) in [6, 6.07) is 25.6. The van der Waals surface area contributed by atoms with Crippen molar-refractivity contribution < 1.29 is 14.3 Å². The first-order chi connectivity index (χ1) is 15.5. The van der Waals surface area contributed by atoms with Gasteiger partial charge in [-0.15, -0.1) is 0 Å². The number of anilines is 1. The Bertz CT molecular complexity index is 1140. The van der Waals surface area contributed by atoms with E-state index in [-0.39, 0.29) is 18.1 Å². The van der Waals surface area contributed by atoms with E-state index in [4.69, 9.17) is 4.74 Å². The summed E-state index contributed by atoms with van der Waals surface area (Å²) in [6.07, 6.45) is 1.51. The topological polar surface area (TPSA) is 91.2 Å². The second-order valence-corrected chi connectivity index (χ2v) is 8.00. The lowest BCUT2D eigenvalue weighted by Gasteiger charge is -2.08. The Morgan fingerprint density at radius 2 is 1.66 bits per heavy atom. The fourth-order valence-corrected chi connectivity index (χ4v) is 3.09. The van der Waals surface area contributed by atoms with Gasteiger partial charge in [-0.25, -0.2) is 0 Å². The standard InChI is InChI=1S/C25H20IN3O3/c26-21-8-10-22(11-9-21)29-24(30)17-32-23-12-6-18(7-13-23)14-20(15-27)25(31)28-16-19-4-2-1-3-5-19/h1-14H,16-17H2,(H,28,31)(H,29,30)/b20-14+. The summed E-state index contributed by atoms with van der Waals surface area (Å²) in [6.45, 7) is 0.211.